The van der Waals surface area contributed by atoms with Gasteiger partial charge in [0.1, 0.15) is 11.9 Å². The number of carbonyl (C=O) groups is 1. The van der Waals surface area contributed by atoms with Crippen LogP contribution in [0.4, 0.5) is 0 Å². The Morgan fingerprint density at radius 3 is 2.95 bits per heavy atom. The molecule has 6 heteroatoms. The van der Waals surface area contributed by atoms with Gasteiger partial charge in [0.25, 0.3) is 0 Å². The molecule has 1 aliphatic heterocycles. The van der Waals surface area contributed by atoms with Crippen LogP contribution in [-0.4, -0.2) is 59.5 Å². The first-order chi connectivity index (χ1) is 10.1. The lowest BCUT2D eigenvalue weighted by Crippen LogP contribution is -2.49. The van der Waals surface area contributed by atoms with Crippen LogP contribution in [0.25, 0.3) is 6.08 Å². The number of rotatable bonds is 5. The van der Waals surface area contributed by atoms with Crippen molar-refractivity contribution in [3.8, 4) is 0 Å². The summed E-state index contributed by atoms with van der Waals surface area (Å²) in [6.45, 7) is 3.20. The highest BCUT2D eigenvalue weighted by atomic mass is 16.5. The summed E-state index contributed by atoms with van der Waals surface area (Å²) in [4.78, 5) is 13.7. The van der Waals surface area contributed by atoms with Gasteiger partial charge >= 0.3 is 0 Å². The minimum Gasteiger partial charge on any atom is -0.465 e. The first-order valence-electron chi connectivity index (χ1n) is 7.06. The van der Waals surface area contributed by atoms with Crippen molar-refractivity contribution in [2.45, 2.75) is 19.1 Å². The highest BCUT2D eigenvalue weighted by Gasteiger charge is 2.32. The maximum atomic E-state index is 12.1. The van der Waals surface area contributed by atoms with Gasteiger partial charge in [0.2, 0.25) is 5.91 Å². The maximum Gasteiger partial charge on any atom is 0.246 e. The van der Waals surface area contributed by atoms with Gasteiger partial charge in [0.15, 0.2) is 0 Å². The van der Waals surface area contributed by atoms with Crippen LogP contribution in [0.15, 0.2) is 28.9 Å². The van der Waals surface area contributed by atoms with Crippen molar-refractivity contribution in [2.24, 2.45) is 5.92 Å². The van der Waals surface area contributed by atoms with Crippen LogP contribution in [0.5, 0.6) is 0 Å². The number of aliphatic hydroxyl groups excluding tert-OH is 2. The number of furan rings is 1. The Morgan fingerprint density at radius 1 is 1.48 bits per heavy atom. The molecule has 2 rings (SSSR count). The minimum absolute atomic E-state index is 0.135. The number of ether oxygens (including phenoxy) is 1. The number of carbonyl (C=O) groups excluding carboxylic acids is 1. The molecule has 1 aromatic rings. The van der Waals surface area contributed by atoms with E-state index in [9.17, 15) is 15.0 Å². The Kier molecular flexibility index (Phi) is 5.55. The van der Waals surface area contributed by atoms with Crippen molar-refractivity contribution in [3.63, 3.8) is 0 Å². The largest absolute Gasteiger partial charge is 0.465 e. The SMILES string of the molecule is CCN(C[C@@H]1COC[C@@H](O)[C@H]1O)C(=O)/C=C/c1ccco1. The fourth-order valence-corrected chi connectivity index (χ4v) is 2.32. The van der Waals surface area contributed by atoms with Gasteiger partial charge in [-0.25, -0.2) is 0 Å². The third-order valence-corrected chi connectivity index (χ3v) is 3.58. The van der Waals surface area contributed by atoms with E-state index in [4.69, 9.17) is 9.15 Å². The second-order valence-corrected chi connectivity index (χ2v) is 5.08. The molecule has 1 aromatic heterocycles. The molecule has 0 saturated carbocycles. The minimum atomic E-state index is -0.892. The van der Waals surface area contributed by atoms with E-state index in [0.29, 0.717) is 25.5 Å². The standard InChI is InChI=1S/C15H21NO5/c1-2-16(8-11-9-20-10-13(17)15(11)19)14(18)6-5-12-4-3-7-21-12/h3-7,11,13,15,17,19H,2,8-10H2,1H3/b6-5+/t11-,13-,15+/m1/s1. The molecule has 2 N–H and O–H groups in total. The molecule has 0 aromatic carbocycles. The lowest BCUT2D eigenvalue weighted by atomic mass is 9.96. The molecule has 6 nitrogen and oxygen atoms in total. The van der Waals surface area contributed by atoms with Crippen LogP contribution in [0.2, 0.25) is 0 Å². The van der Waals surface area contributed by atoms with Crippen LogP contribution in [0, 0.1) is 5.92 Å². The second kappa shape index (κ2) is 7.40. The summed E-state index contributed by atoms with van der Waals surface area (Å²) in [6.07, 6.45) is 2.83. The van der Waals surface area contributed by atoms with Gasteiger partial charge in [-0.3, -0.25) is 4.79 Å². The fourth-order valence-electron chi connectivity index (χ4n) is 2.32. The van der Waals surface area contributed by atoms with Crippen LogP contribution < -0.4 is 0 Å². The van der Waals surface area contributed by atoms with Crippen molar-refractivity contribution < 1.29 is 24.2 Å². The molecule has 0 bridgehead atoms. The normalized spacial score (nSPS) is 26.1. The van der Waals surface area contributed by atoms with Gasteiger partial charge in [0.05, 0.1) is 25.6 Å². The van der Waals surface area contributed by atoms with Crippen molar-refractivity contribution in [2.75, 3.05) is 26.3 Å². The second-order valence-electron chi connectivity index (χ2n) is 5.08. The molecule has 2 heterocycles. The number of hydrogen-bond acceptors (Lipinski definition) is 5. The molecule has 1 saturated heterocycles. The Balaban J connectivity index is 1.94. The third kappa shape index (κ3) is 4.17. The van der Waals surface area contributed by atoms with Gasteiger partial charge in [0, 0.05) is 25.1 Å². The van der Waals surface area contributed by atoms with E-state index in [0.717, 1.165) is 0 Å². The summed E-state index contributed by atoms with van der Waals surface area (Å²) in [7, 11) is 0. The summed E-state index contributed by atoms with van der Waals surface area (Å²) < 4.78 is 10.4. The van der Waals surface area contributed by atoms with Crippen molar-refractivity contribution in [1.82, 2.24) is 4.90 Å². The first kappa shape index (κ1) is 15.8. The molecule has 0 aliphatic carbocycles. The topological polar surface area (TPSA) is 83.1 Å². The van der Waals surface area contributed by atoms with E-state index in [1.165, 1.54) is 6.08 Å². The predicted molar refractivity (Wildman–Crippen MR) is 76.3 cm³/mol. The summed E-state index contributed by atoms with van der Waals surface area (Å²) in [6, 6.07) is 3.51. The first-order valence-corrected chi connectivity index (χ1v) is 7.06. The number of amides is 1. The van der Waals surface area contributed by atoms with E-state index in [2.05, 4.69) is 0 Å². The number of hydrogen-bond donors (Lipinski definition) is 2. The zero-order valence-corrected chi connectivity index (χ0v) is 12.0. The third-order valence-electron chi connectivity index (χ3n) is 3.58. The molecule has 0 radical (unpaired) electrons. The van der Waals surface area contributed by atoms with Crippen LogP contribution in [0.3, 0.4) is 0 Å². The molecule has 3 atom stereocenters. The van der Waals surface area contributed by atoms with Gasteiger partial charge in [-0.2, -0.15) is 0 Å². The molecule has 1 fully saturated rings. The van der Waals surface area contributed by atoms with E-state index >= 15 is 0 Å². The van der Waals surface area contributed by atoms with Crippen molar-refractivity contribution in [3.05, 3.63) is 30.2 Å². The average Bonchev–Trinajstić information content (AvgIpc) is 2.99. The van der Waals surface area contributed by atoms with Gasteiger partial charge in [-0.15, -0.1) is 0 Å². The van der Waals surface area contributed by atoms with E-state index in [-0.39, 0.29) is 18.4 Å². The highest BCUT2D eigenvalue weighted by Crippen LogP contribution is 2.17. The molecule has 116 valence electrons. The van der Waals surface area contributed by atoms with Crippen molar-refractivity contribution in [1.29, 1.82) is 0 Å². The summed E-state index contributed by atoms with van der Waals surface area (Å²) in [5.74, 6) is 0.159. The fraction of sp³-hybridized carbons (Fsp3) is 0.533. The Labute approximate surface area is 123 Å². The maximum absolute atomic E-state index is 12.1. The predicted octanol–water partition coefficient (Wildman–Crippen LogP) is 0.509. The number of likely N-dealkylation sites (N-methyl/N-ethyl adjacent to an activating group) is 1. The van der Waals surface area contributed by atoms with Crippen LogP contribution in [0.1, 0.15) is 12.7 Å². The van der Waals surface area contributed by atoms with E-state index < -0.39 is 12.2 Å². The average molecular weight is 295 g/mol. The molecule has 21 heavy (non-hydrogen) atoms. The number of aliphatic hydroxyl groups is 2. The quantitative estimate of drug-likeness (QED) is 0.773. The molecule has 0 spiro atoms. The Morgan fingerprint density at radius 2 is 2.29 bits per heavy atom. The molecule has 1 amide bonds. The molecular formula is C15H21NO5. The molecule has 0 unspecified atom stereocenters. The zero-order chi connectivity index (χ0) is 15.2. The molecular weight excluding hydrogens is 274 g/mol. The van der Waals surface area contributed by atoms with Gasteiger partial charge in [-0.05, 0) is 25.1 Å². The summed E-state index contributed by atoms with van der Waals surface area (Å²) >= 11 is 0. The summed E-state index contributed by atoms with van der Waals surface area (Å²) in [5.41, 5.74) is 0. The number of nitrogens with zero attached hydrogens (tertiary/aromatic N) is 1. The zero-order valence-electron chi connectivity index (χ0n) is 12.0. The van der Waals surface area contributed by atoms with E-state index in [1.54, 1.807) is 29.4 Å². The smallest absolute Gasteiger partial charge is 0.246 e. The Hall–Kier alpha value is -1.63. The monoisotopic (exact) mass is 295 g/mol. The van der Waals surface area contributed by atoms with Gasteiger partial charge in [-0.1, -0.05) is 0 Å². The van der Waals surface area contributed by atoms with Crippen molar-refractivity contribution >= 4 is 12.0 Å². The lowest BCUT2D eigenvalue weighted by molar-refractivity contribution is -0.138. The summed E-state index contributed by atoms with van der Waals surface area (Å²) in [5, 5.41) is 19.5. The Bertz CT molecular complexity index is 470. The van der Waals surface area contributed by atoms with Crippen LogP contribution >= 0.6 is 0 Å². The van der Waals surface area contributed by atoms with Crippen LogP contribution in [-0.2, 0) is 9.53 Å². The molecule has 1 aliphatic rings. The lowest BCUT2D eigenvalue weighted by Gasteiger charge is -2.34. The van der Waals surface area contributed by atoms with Gasteiger partial charge < -0.3 is 24.3 Å². The van der Waals surface area contributed by atoms with E-state index in [1.807, 2.05) is 6.92 Å². The highest BCUT2D eigenvalue weighted by molar-refractivity contribution is 5.91.